The zero-order valence-electron chi connectivity index (χ0n) is 14.6. The van der Waals surface area contributed by atoms with E-state index in [-0.39, 0.29) is 11.1 Å². The molecule has 1 aliphatic rings. The quantitative estimate of drug-likeness (QED) is 0.668. The Hall–Kier alpha value is -2.05. The molecule has 1 aliphatic heterocycles. The van der Waals surface area contributed by atoms with Crippen molar-refractivity contribution in [2.24, 2.45) is 7.05 Å². The number of nitrogens with one attached hydrogen (secondary N) is 1. The Kier molecular flexibility index (Phi) is 4.64. The van der Waals surface area contributed by atoms with Crippen LogP contribution in [-0.2, 0) is 23.9 Å². The number of aromatic carboxylic acids is 1. The highest BCUT2D eigenvalue weighted by atomic mass is 35.5. The van der Waals surface area contributed by atoms with Gasteiger partial charge < -0.3 is 14.4 Å². The molecule has 0 aliphatic carbocycles. The predicted molar refractivity (Wildman–Crippen MR) is 106 cm³/mol. The number of carboxylic acid groups (broad SMARTS) is 1. The monoisotopic (exact) mass is 404 g/mol. The van der Waals surface area contributed by atoms with Crippen LogP contribution in [0.4, 0.5) is 0 Å². The number of nitrogens with zero attached hydrogens (tertiary/aromatic N) is 1. The molecule has 140 valence electrons. The van der Waals surface area contributed by atoms with Crippen LogP contribution in [0.3, 0.4) is 0 Å². The molecule has 0 amide bonds. The van der Waals surface area contributed by atoms with Crippen LogP contribution in [0.5, 0.6) is 0 Å². The Balaban J connectivity index is 1.60. The molecule has 2 N–H and O–H groups in total. The van der Waals surface area contributed by atoms with Crippen molar-refractivity contribution in [3.8, 4) is 0 Å². The van der Waals surface area contributed by atoms with Gasteiger partial charge in [-0.15, -0.1) is 0 Å². The molecule has 0 unspecified atom stereocenters. The maximum absolute atomic E-state index is 11.1. The summed E-state index contributed by atoms with van der Waals surface area (Å²) in [5.74, 6) is -0.931. The minimum atomic E-state index is -0.931. The van der Waals surface area contributed by atoms with Crippen LogP contribution in [0.1, 0.15) is 21.6 Å². The molecule has 1 aromatic heterocycles. The maximum Gasteiger partial charge on any atom is 0.335 e. The topological polar surface area (TPSA) is 63.5 Å². The molecule has 3 aromatic rings. The zero-order valence-corrected chi connectivity index (χ0v) is 16.1. The number of hydrogen-bond donors (Lipinski definition) is 2. The van der Waals surface area contributed by atoms with Gasteiger partial charge in [-0.05, 0) is 35.9 Å². The summed E-state index contributed by atoms with van der Waals surface area (Å²) in [5.41, 5.74) is 3.05. The molecule has 0 radical (unpaired) electrons. The number of aromatic nitrogens is 1. The first-order valence-corrected chi connectivity index (χ1v) is 9.26. The number of hydrogen-bond acceptors (Lipinski definition) is 3. The molecule has 2 aromatic carbocycles. The van der Waals surface area contributed by atoms with Crippen molar-refractivity contribution >= 4 is 40.1 Å². The minimum absolute atomic E-state index is 0.273. The number of ether oxygens (including phenoxy) is 1. The number of fused-ring (bicyclic) bond motifs is 1. The summed E-state index contributed by atoms with van der Waals surface area (Å²) >= 11 is 12.5. The summed E-state index contributed by atoms with van der Waals surface area (Å²) in [6.07, 6.45) is 0. The molecule has 4 rings (SSSR count). The standard InChI is InChI=1S/C20H18Cl2N2O3/c1-24-14(8-15-17(24)7-6-16(21)18(15)22)9-23-20(10-27-11-20)13-4-2-12(3-5-13)19(25)26/h2-8,23H,9-11H2,1H3,(H,25,26). The fraction of sp³-hybridized carbons (Fsp3) is 0.250. The van der Waals surface area contributed by atoms with Gasteiger partial charge in [0.1, 0.15) is 0 Å². The highest BCUT2D eigenvalue weighted by Crippen LogP contribution is 2.34. The first-order valence-electron chi connectivity index (χ1n) is 8.50. The summed E-state index contributed by atoms with van der Waals surface area (Å²) < 4.78 is 7.55. The summed E-state index contributed by atoms with van der Waals surface area (Å²) in [4.78, 5) is 11.1. The molecule has 7 heteroatoms. The van der Waals surface area contributed by atoms with Gasteiger partial charge in [0.2, 0.25) is 0 Å². The lowest BCUT2D eigenvalue weighted by Gasteiger charge is -2.43. The van der Waals surface area contributed by atoms with E-state index in [0.29, 0.717) is 29.8 Å². The SMILES string of the molecule is Cn1c(CNC2(c3ccc(C(=O)O)cc3)COC2)cc2c(Cl)c(Cl)ccc21. The van der Waals surface area contributed by atoms with Crippen molar-refractivity contribution in [1.82, 2.24) is 9.88 Å². The van der Waals surface area contributed by atoms with Gasteiger partial charge >= 0.3 is 5.97 Å². The summed E-state index contributed by atoms with van der Waals surface area (Å²) in [6, 6.07) is 12.7. The van der Waals surface area contributed by atoms with Crippen LogP contribution >= 0.6 is 23.2 Å². The van der Waals surface area contributed by atoms with Crippen molar-refractivity contribution in [1.29, 1.82) is 0 Å². The Morgan fingerprint density at radius 2 is 1.93 bits per heavy atom. The van der Waals surface area contributed by atoms with Crippen LogP contribution < -0.4 is 5.32 Å². The largest absolute Gasteiger partial charge is 0.478 e. The number of aryl methyl sites for hydroxylation is 1. The van der Waals surface area contributed by atoms with Gasteiger partial charge in [-0.25, -0.2) is 4.79 Å². The van der Waals surface area contributed by atoms with Gasteiger partial charge in [-0.2, -0.15) is 0 Å². The Labute approximate surface area is 166 Å². The van der Waals surface area contributed by atoms with Gasteiger partial charge in [0.05, 0.1) is 34.4 Å². The first kappa shape index (κ1) is 18.3. The Morgan fingerprint density at radius 3 is 2.52 bits per heavy atom. The number of carboxylic acids is 1. The second kappa shape index (κ2) is 6.84. The fourth-order valence-corrected chi connectivity index (χ4v) is 3.82. The van der Waals surface area contributed by atoms with E-state index in [2.05, 4.69) is 9.88 Å². The van der Waals surface area contributed by atoms with E-state index in [1.165, 1.54) is 0 Å². The minimum Gasteiger partial charge on any atom is -0.478 e. The number of rotatable bonds is 5. The number of carbonyl (C=O) groups is 1. The lowest BCUT2D eigenvalue weighted by atomic mass is 9.87. The third kappa shape index (κ3) is 3.11. The lowest BCUT2D eigenvalue weighted by molar-refractivity contribution is -0.0798. The van der Waals surface area contributed by atoms with Gasteiger partial charge in [-0.3, -0.25) is 5.32 Å². The fourth-order valence-electron chi connectivity index (χ4n) is 3.44. The summed E-state index contributed by atoms with van der Waals surface area (Å²) in [6.45, 7) is 1.69. The normalized spacial score (nSPS) is 15.7. The van der Waals surface area contributed by atoms with Crippen LogP contribution in [0, 0.1) is 0 Å². The smallest absolute Gasteiger partial charge is 0.335 e. The Morgan fingerprint density at radius 1 is 1.22 bits per heavy atom. The molecular formula is C20H18Cl2N2O3. The maximum atomic E-state index is 11.1. The molecule has 1 saturated heterocycles. The first-order chi connectivity index (χ1) is 12.9. The zero-order chi connectivity index (χ0) is 19.2. The highest BCUT2D eigenvalue weighted by molar-refractivity contribution is 6.45. The molecular weight excluding hydrogens is 387 g/mol. The number of halogens is 2. The van der Waals surface area contributed by atoms with E-state index in [0.717, 1.165) is 22.2 Å². The molecule has 2 heterocycles. The second-order valence-corrected chi connectivity index (χ2v) is 7.58. The van der Waals surface area contributed by atoms with Gasteiger partial charge in [0.15, 0.2) is 0 Å². The van der Waals surface area contributed by atoms with Crippen LogP contribution in [0.25, 0.3) is 10.9 Å². The molecule has 0 spiro atoms. The van der Waals surface area contributed by atoms with Gasteiger partial charge in [0, 0.05) is 30.2 Å². The van der Waals surface area contributed by atoms with Crippen molar-refractivity contribution in [3.63, 3.8) is 0 Å². The van der Waals surface area contributed by atoms with E-state index < -0.39 is 5.97 Å². The third-order valence-corrected chi connectivity index (χ3v) is 6.02. The van der Waals surface area contributed by atoms with E-state index in [1.54, 1.807) is 18.2 Å². The van der Waals surface area contributed by atoms with Crippen LogP contribution in [0.15, 0.2) is 42.5 Å². The molecule has 1 fully saturated rings. The molecule has 0 bridgehead atoms. The second-order valence-electron chi connectivity index (χ2n) is 6.80. The van der Waals surface area contributed by atoms with E-state index in [4.69, 9.17) is 33.0 Å². The van der Waals surface area contributed by atoms with E-state index in [1.807, 2.05) is 31.3 Å². The van der Waals surface area contributed by atoms with E-state index >= 15 is 0 Å². The van der Waals surface area contributed by atoms with Crippen LogP contribution in [0.2, 0.25) is 10.0 Å². The summed E-state index contributed by atoms with van der Waals surface area (Å²) in [5, 5.41) is 14.7. The van der Waals surface area contributed by atoms with Crippen molar-refractivity contribution in [2.45, 2.75) is 12.1 Å². The van der Waals surface area contributed by atoms with Crippen molar-refractivity contribution in [2.75, 3.05) is 13.2 Å². The average molecular weight is 405 g/mol. The van der Waals surface area contributed by atoms with Gasteiger partial charge in [0.25, 0.3) is 0 Å². The molecule has 0 saturated carbocycles. The van der Waals surface area contributed by atoms with Crippen molar-refractivity contribution < 1.29 is 14.6 Å². The average Bonchev–Trinajstić information content (AvgIpc) is 2.94. The molecule has 27 heavy (non-hydrogen) atoms. The predicted octanol–water partition coefficient (Wildman–Crippen LogP) is 4.20. The summed E-state index contributed by atoms with van der Waals surface area (Å²) in [7, 11) is 2.00. The molecule has 5 nitrogen and oxygen atoms in total. The third-order valence-electron chi connectivity index (χ3n) is 5.20. The number of benzene rings is 2. The molecule has 0 atom stereocenters. The van der Waals surface area contributed by atoms with Crippen LogP contribution in [-0.4, -0.2) is 28.9 Å². The van der Waals surface area contributed by atoms with Gasteiger partial charge in [-0.1, -0.05) is 35.3 Å². The highest BCUT2D eigenvalue weighted by Gasteiger charge is 2.40. The lowest BCUT2D eigenvalue weighted by Crippen LogP contribution is -2.57. The van der Waals surface area contributed by atoms with E-state index in [9.17, 15) is 4.79 Å². The Bertz CT molecular complexity index is 1020. The van der Waals surface area contributed by atoms with Crippen molar-refractivity contribution in [3.05, 3.63) is 69.3 Å².